The number of rotatable bonds is 1. The Balaban J connectivity index is 2.37. The predicted octanol–water partition coefficient (Wildman–Crippen LogP) is 2.40. The van der Waals surface area contributed by atoms with Gasteiger partial charge < -0.3 is 10.1 Å². The molecular weight excluding hydrogens is 182 g/mol. The lowest BCUT2D eigenvalue weighted by Crippen LogP contribution is -2.24. The molecule has 0 bridgehead atoms. The van der Waals surface area contributed by atoms with Crippen LogP contribution >= 0.6 is 12.2 Å². The Morgan fingerprint density at radius 3 is 3.08 bits per heavy atom. The lowest BCUT2D eigenvalue weighted by Gasteiger charge is -2.17. The molecule has 1 N–H and O–H groups in total. The monoisotopic (exact) mass is 199 g/mol. The second kappa shape index (κ2) is 5.97. The molecule has 1 aliphatic carbocycles. The molecule has 0 heterocycles. The van der Waals surface area contributed by atoms with E-state index in [1.165, 1.54) is 25.7 Å². The molecule has 0 amide bonds. The van der Waals surface area contributed by atoms with E-state index in [1.807, 2.05) is 0 Å². The van der Waals surface area contributed by atoms with Crippen LogP contribution < -0.4 is 5.32 Å². The van der Waals surface area contributed by atoms with Gasteiger partial charge >= 0.3 is 0 Å². The van der Waals surface area contributed by atoms with E-state index in [4.69, 9.17) is 17.0 Å². The van der Waals surface area contributed by atoms with Crippen LogP contribution in [0, 0.1) is 0 Å². The second-order valence-electron chi connectivity index (χ2n) is 3.26. The van der Waals surface area contributed by atoms with Crippen molar-refractivity contribution in [3.63, 3.8) is 0 Å². The first-order valence-electron chi connectivity index (χ1n) is 4.88. The fraction of sp³-hybridized carbons (Fsp3) is 0.700. The molecule has 3 heteroatoms. The number of ether oxygens (including phenoxy) is 1. The van der Waals surface area contributed by atoms with Gasteiger partial charge in [-0.15, -0.1) is 0 Å². The highest BCUT2D eigenvalue weighted by molar-refractivity contribution is 7.80. The highest BCUT2D eigenvalue weighted by atomic mass is 32.1. The van der Waals surface area contributed by atoms with E-state index in [0.29, 0.717) is 5.17 Å². The minimum absolute atomic E-state index is 0.181. The Labute approximate surface area is 85.4 Å². The SMILES string of the molecule is CNC(=S)OC1/C=C/CCCCC1. The van der Waals surface area contributed by atoms with E-state index in [1.54, 1.807) is 7.05 Å². The largest absolute Gasteiger partial charge is 0.464 e. The van der Waals surface area contributed by atoms with Crippen LogP contribution in [0.5, 0.6) is 0 Å². The van der Waals surface area contributed by atoms with Crippen LogP contribution in [0.1, 0.15) is 32.1 Å². The maximum atomic E-state index is 5.51. The zero-order valence-corrected chi connectivity index (χ0v) is 8.90. The molecule has 1 rings (SSSR count). The first kappa shape index (κ1) is 10.5. The number of hydrogen-bond donors (Lipinski definition) is 1. The zero-order valence-electron chi connectivity index (χ0n) is 8.08. The molecule has 0 aromatic carbocycles. The molecular formula is C10H17NOS. The molecule has 0 aromatic heterocycles. The second-order valence-corrected chi connectivity index (χ2v) is 3.63. The van der Waals surface area contributed by atoms with Gasteiger partial charge in [0.05, 0.1) is 0 Å². The van der Waals surface area contributed by atoms with Crippen LogP contribution in [-0.2, 0) is 4.74 Å². The van der Waals surface area contributed by atoms with Crippen molar-refractivity contribution in [2.75, 3.05) is 7.05 Å². The van der Waals surface area contributed by atoms with Crippen molar-refractivity contribution in [1.82, 2.24) is 5.32 Å². The van der Waals surface area contributed by atoms with Crippen molar-refractivity contribution < 1.29 is 4.74 Å². The molecule has 0 radical (unpaired) electrons. The summed E-state index contributed by atoms with van der Waals surface area (Å²) in [5.74, 6) is 0. The van der Waals surface area contributed by atoms with Crippen molar-refractivity contribution in [2.45, 2.75) is 38.2 Å². The Morgan fingerprint density at radius 1 is 1.46 bits per heavy atom. The van der Waals surface area contributed by atoms with Crippen molar-refractivity contribution in [3.8, 4) is 0 Å². The van der Waals surface area contributed by atoms with Gasteiger partial charge in [-0.05, 0) is 44.0 Å². The van der Waals surface area contributed by atoms with E-state index >= 15 is 0 Å². The average Bonchev–Trinajstić information content (AvgIpc) is 2.09. The van der Waals surface area contributed by atoms with Gasteiger partial charge in [-0.2, -0.15) is 0 Å². The maximum absolute atomic E-state index is 5.51. The van der Waals surface area contributed by atoms with Crippen LogP contribution in [0.2, 0.25) is 0 Å². The molecule has 1 atom stereocenters. The third kappa shape index (κ3) is 4.27. The van der Waals surface area contributed by atoms with Gasteiger partial charge in [0, 0.05) is 7.05 Å². The van der Waals surface area contributed by atoms with Crippen molar-refractivity contribution in [2.24, 2.45) is 0 Å². The summed E-state index contributed by atoms with van der Waals surface area (Å²) in [6.07, 6.45) is 10.6. The minimum atomic E-state index is 0.181. The van der Waals surface area contributed by atoms with Crippen LogP contribution in [0.3, 0.4) is 0 Å². The third-order valence-electron chi connectivity index (χ3n) is 2.17. The number of allylic oxidation sites excluding steroid dienone is 1. The molecule has 0 spiro atoms. The summed E-state index contributed by atoms with van der Waals surface area (Å²) in [6.45, 7) is 0. The minimum Gasteiger partial charge on any atom is -0.464 e. The molecule has 0 saturated carbocycles. The molecule has 0 saturated heterocycles. The fourth-order valence-corrected chi connectivity index (χ4v) is 1.55. The summed E-state index contributed by atoms with van der Waals surface area (Å²) in [5, 5.41) is 3.32. The lowest BCUT2D eigenvalue weighted by atomic mass is 10.0. The highest BCUT2D eigenvalue weighted by Crippen LogP contribution is 2.14. The molecule has 2 nitrogen and oxygen atoms in total. The van der Waals surface area contributed by atoms with Gasteiger partial charge in [0.2, 0.25) is 0 Å². The summed E-state index contributed by atoms with van der Waals surface area (Å²) >= 11 is 4.95. The van der Waals surface area contributed by atoms with Gasteiger partial charge in [0.25, 0.3) is 5.17 Å². The first-order chi connectivity index (χ1) is 6.33. The number of thiocarbonyl (C=S) groups is 1. The van der Waals surface area contributed by atoms with Crippen molar-refractivity contribution in [1.29, 1.82) is 0 Å². The topological polar surface area (TPSA) is 21.3 Å². The van der Waals surface area contributed by atoms with Gasteiger partial charge in [-0.25, -0.2) is 0 Å². The van der Waals surface area contributed by atoms with Crippen molar-refractivity contribution >= 4 is 17.4 Å². The van der Waals surface area contributed by atoms with Crippen LogP contribution in [-0.4, -0.2) is 18.3 Å². The molecule has 13 heavy (non-hydrogen) atoms. The fourth-order valence-electron chi connectivity index (χ4n) is 1.42. The Morgan fingerprint density at radius 2 is 2.31 bits per heavy atom. The summed E-state index contributed by atoms with van der Waals surface area (Å²) in [6, 6.07) is 0. The van der Waals surface area contributed by atoms with E-state index in [0.717, 1.165) is 6.42 Å². The summed E-state index contributed by atoms with van der Waals surface area (Å²) in [5.41, 5.74) is 0. The normalized spacial score (nSPS) is 25.5. The Hall–Kier alpha value is -0.570. The zero-order chi connectivity index (χ0) is 9.52. The van der Waals surface area contributed by atoms with E-state index in [2.05, 4.69) is 17.5 Å². The lowest BCUT2D eigenvalue weighted by molar-refractivity contribution is 0.216. The summed E-state index contributed by atoms with van der Waals surface area (Å²) < 4.78 is 5.51. The van der Waals surface area contributed by atoms with Gasteiger partial charge in [-0.3, -0.25) is 0 Å². The molecule has 1 aliphatic rings. The van der Waals surface area contributed by atoms with Gasteiger partial charge in [-0.1, -0.05) is 12.5 Å². The van der Waals surface area contributed by atoms with E-state index in [9.17, 15) is 0 Å². The Bertz CT molecular complexity index is 191. The van der Waals surface area contributed by atoms with E-state index < -0.39 is 0 Å². The molecule has 0 aliphatic heterocycles. The van der Waals surface area contributed by atoms with E-state index in [-0.39, 0.29) is 6.10 Å². The molecule has 1 unspecified atom stereocenters. The van der Waals surface area contributed by atoms with Crippen LogP contribution in [0.4, 0.5) is 0 Å². The third-order valence-corrected chi connectivity index (χ3v) is 2.47. The summed E-state index contributed by atoms with van der Waals surface area (Å²) in [4.78, 5) is 0. The first-order valence-corrected chi connectivity index (χ1v) is 5.29. The molecule has 74 valence electrons. The summed E-state index contributed by atoms with van der Waals surface area (Å²) in [7, 11) is 1.79. The standard InChI is InChI=1S/C10H17NOS/c1-11-10(13)12-9-7-5-3-2-4-6-8-9/h5,7,9H,2-4,6,8H2,1H3,(H,11,13)/b7-5+. The average molecular weight is 199 g/mol. The quantitative estimate of drug-likeness (QED) is 0.517. The Kier molecular flexibility index (Phi) is 4.83. The maximum Gasteiger partial charge on any atom is 0.256 e. The highest BCUT2D eigenvalue weighted by Gasteiger charge is 2.08. The molecule has 0 fully saturated rings. The van der Waals surface area contributed by atoms with Gasteiger partial charge in [0.15, 0.2) is 0 Å². The van der Waals surface area contributed by atoms with Crippen LogP contribution in [0.15, 0.2) is 12.2 Å². The predicted molar refractivity (Wildman–Crippen MR) is 58.8 cm³/mol. The number of hydrogen-bond acceptors (Lipinski definition) is 2. The van der Waals surface area contributed by atoms with Crippen LogP contribution in [0.25, 0.3) is 0 Å². The van der Waals surface area contributed by atoms with Gasteiger partial charge in [0.1, 0.15) is 6.10 Å². The smallest absolute Gasteiger partial charge is 0.256 e. The molecule has 0 aromatic rings. The van der Waals surface area contributed by atoms with Crippen molar-refractivity contribution in [3.05, 3.63) is 12.2 Å². The number of nitrogens with one attached hydrogen (secondary N) is 1.